The molecule has 6 nitrogen and oxygen atoms in total. The van der Waals surface area contributed by atoms with Gasteiger partial charge in [0.2, 0.25) is 5.91 Å². The van der Waals surface area contributed by atoms with Gasteiger partial charge in [0, 0.05) is 11.7 Å². The number of hydrogen-bond acceptors (Lipinski definition) is 3. The molecule has 0 aliphatic rings. The third-order valence-electron chi connectivity index (χ3n) is 5.03. The van der Waals surface area contributed by atoms with Crippen molar-refractivity contribution < 1.29 is 4.79 Å². The molecule has 1 unspecified atom stereocenters. The molecule has 146 valence electrons. The van der Waals surface area contributed by atoms with E-state index >= 15 is 0 Å². The summed E-state index contributed by atoms with van der Waals surface area (Å²) >= 11 is 0. The van der Waals surface area contributed by atoms with Crippen molar-refractivity contribution in [3.8, 4) is 0 Å². The second-order valence-corrected chi connectivity index (χ2v) is 6.92. The highest BCUT2D eigenvalue weighted by atomic mass is 16.2. The predicted octanol–water partition coefficient (Wildman–Crippen LogP) is 3.34. The maximum atomic E-state index is 13.0. The molecule has 6 heteroatoms. The van der Waals surface area contributed by atoms with Crippen LogP contribution in [-0.2, 0) is 17.8 Å². The van der Waals surface area contributed by atoms with E-state index in [-0.39, 0.29) is 24.1 Å². The summed E-state index contributed by atoms with van der Waals surface area (Å²) in [6.45, 7) is 5.64. The minimum absolute atomic E-state index is 0.160. The summed E-state index contributed by atoms with van der Waals surface area (Å²) < 4.78 is 2.62. The number of nitrogens with one attached hydrogen (secondary N) is 1. The van der Waals surface area contributed by atoms with Crippen LogP contribution >= 0.6 is 0 Å². The summed E-state index contributed by atoms with van der Waals surface area (Å²) in [6, 6.07) is 14.3. The molecule has 3 rings (SSSR count). The molecule has 1 heterocycles. The van der Waals surface area contributed by atoms with Crippen LogP contribution in [0.25, 0.3) is 10.9 Å². The first-order valence-electron chi connectivity index (χ1n) is 9.59. The second-order valence-electron chi connectivity index (χ2n) is 6.92. The molecule has 0 bridgehead atoms. The molecule has 28 heavy (non-hydrogen) atoms. The third-order valence-corrected chi connectivity index (χ3v) is 5.03. The van der Waals surface area contributed by atoms with Gasteiger partial charge in [-0.25, -0.2) is 4.79 Å². The van der Waals surface area contributed by atoms with Crippen LogP contribution in [0.1, 0.15) is 38.8 Å². The molecule has 1 aromatic heterocycles. The SMILES string of the molecule is CCc1cccc(NC(=O)Cn2c(=O)n(C(C)CC)c(=O)c3ccccc32)c1. The molecule has 2 aromatic carbocycles. The van der Waals surface area contributed by atoms with Crippen LogP contribution in [0.3, 0.4) is 0 Å². The highest BCUT2D eigenvalue weighted by Gasteiger charge is 2.18. The number of para-hydroxylation sites is 1. The van der Waals surface area contributed by atoms with Gasteiger partial charge in [-0.3, -0.25) is 18.7 Å². The molecule has 0 aliphatic carbocycles. The maximum Gasteiger partial charge on any atom is 0.332 e. The number of carbonyl (C=O) groups is 1. The van der Waals surface area contributed by atoms with Crippen molar-refractivity contribution in [2.45, 2.75) is 46.2 Å². The molecule has 0 saturated heterocycles. The molecule has 1 N–H and O–H groups in total. The molecule has 1 atom stereocenters. The van der Waals surface area contributed by atoms with Crippen LogP contribution in [0.4, 0.5) is 5.69 Å². The van der Waals surface area contributed by atoms with Gasteiger partial charge in [0.1, 0.15) is 6.54 Å². The zero-order chi connectivity index (χ0) is 20.3. The van der Waals surface area contributed by atoms with E-state index in [1.165, 1.54) is 9.13 Å². The maximum absolute atomic E-state index is 13.0. The smallest absolute Gasteiger partial charge is 0.325 e. The van der Waals surface area contributed by atoms with Crippen molar-refractivity contribution in [1.82, 2.24) is 9.13 Å². The van der Waals surface area contributed by atoms with Gasteiger partial charge in [-0.2, -0.15) is 0 Å². The van der Waals surface area contributed by atoms with E-state index in [4.69, 9.17) is 0 Å². The minimum Gasteiger partial charge on any atom is -0.325 e. The van der Waals surface area contributed by atoms with Crippen molar-refractivity contribution >= 4 is 22.5 Å². The van der Waals surface area contributed by atoms with Crippen LogP contribution < -0.4 is 16.6 Å². The van der Waals surface area contributed by atoms with Crippen molar-refractivity contribution in [3.63, 3.8) is 0 Å². The first-order valence-corrected chi connectivity index (χ1v) is 9.59. The fourth-order valence-corrected chi connectivity index (χ4v) is 3.28. The lowest BCUT2D eigenvalue weighted by atomic mass is 10.1. The Morgan fingerprint density at radius 3 is 2.54 bits per heavy atom. The van der Waals surface area contributed by atoms with E-state index in [2.05, 4.69) is 5.32 Å². The Morgan fingerprint density at radius 1 is 1.07 bits per heavy atom. The lowest BCUT2D eigenvalue weighted by Gasteiger charge is -2.17. The number of aromatic nitrogens is 2. The molecule has 0 radical (unpaired) electrons. The Labute approximate surface area is 163 Å². The average Bonchev–Trinajstić information content (AvgIpc) is 2.71. The normalized spacial score (nSPS) is 12.1. The quantitative estimate of drug-likeness (QED) is 0.714. The van der Waals surface area contributed by atoms with Gasteiger partial charge in [-0.15, -0.1) is 0 Å². The Hall–Kier alpha value is -3.15. The molecule has 3 aromatic rings. The third kappa shape index (κ3) is 3.76. The Balaban J connectivity index is 2.03. The highest BCUT2D eigenvalue weighted by molar-refractivity contribution is 5.91. The fourth-order valence-electron chi connectivity index (χ4n) is 3.28. The zero-order valence-electron chi connectivity index (χ0n) is 16.4. The Morgan fingerprint density at radius 2 is 1.82 bits per heavy atom. The van der Waals surface area contributed by atoms with Gasteiger partial charge in [0.25, 0.3) is 5.56 Å². The minimum atomic E-state index is -0.462. The van der Waals surface area contributed by atoms with E-state index < -0.39 is 5.69 Å². The largest absolute Gasteiger partial charge is 0.332 e. The van der Waals surface area contributed by atoms with E-state index in [1.54, 1.807) is 24.3 Å². The van der Waals surface area contributed by atoms with E-state index in [0.717, 1.165) is 12.0 Å². The van der Waals surface area contributed by atoms with Gasteiger partial charge in [0.15, 0.2) is 0 Å². The van der Waals surface area contributed by atoms with Gasteiger partial charge in [-0.1, -0.05) is 38.1 Å². The molecule has 1 amide bonds. The second kappa shape index (κ2) is 8.25. The Kier molecular flexibility index (Phi) is 5.78. The molecule has 0 aliphatic heterocycles. The van der Waals surface area contributed by atoms with Crippen LogP contribution in [0.2, 0.25) is 0 Å². The summed E-state index contributed by atoms with van der Waals surface area (Å²) in [5.41, 5.74) is 1.50. The molecule has 0 spiro atoms. The topological polar surface area (TPSA) is 73.1 Å². The van der Waals surface area contributed by atoms with Crippen molar-refractivity contribution in [2.24, 2.45) is 0 Å². The lowest BCUT2D eigenvalue weighted by molar-refractivity contribution is -0.116. The Bertz CT molecular complexity index is 1130. The van der Waals surface area contributed by atoms with Crippen LogP contribution in [-0.4, -0.2) is 15.0 Å². The summed E-state index contributed by atoms with van der Waals surface area (Å²) in [7, 11) is 0. The average molecular weight is 379 g/mol. The lowest BCUT2D eigenvalue weighted by Crippen LogP contribution is -2.43. The predicted molar refractivity (Wildman–Crippen MR) is 112 cm³/mol. The van der Waals surface area contributed by atoms with Crippen molar-refractivity contribution in [2.75, 3.05) is 5.32 Å². The fraction of sp³-hybridized carbons (Fsp3) is 0.318. The number of carbonyl (C=O) groups excluding carboxylic acids is 1. The van der Waals surface area contributed by atoms with Gasteiger partial charge >= 0.3 is 5.69 Å². The molecule has 0 fully saturated rings. The standard InChI is InChI=1S/C22H25N3O3/c1-4-15(3)25-21(27)18-11-6-7-12-19(18)24(22(25)28)14-20(26)23-17-10-8-9-16(5-2)13-17/h6-13,15H,4-5,14H2,1-3H3,(H,23,26). The number of hydrogen-bond donors (Lipinski definition) is 1. The number of rotatable bonds is 6. The first-order chi connectivity index (χ1) is 13.5. The molecular formula is C22H25N3O3. The van der Waals surface area contributed by atoms with Gasteiger partial charge in [-0.05, 0) is 49.6 Å². The number of amides is 1. The zero-order valence-corrected chi connectivity index (χ0v) is 16.4. The summed E-state index contributed by atoms with van der Waals surface area (Å²) in [5.74, 6) is -0.310. The highest BCUT2D eigenvalue weighted by Crippen LogP contribution is 2.13. The van der Waals surface area contributed by atoms with Crippen LogP contribution in [0.5, 0.6) is 0 Å². The van der Waals surface area contributed by atoms with Gasteiger partial charge in [0.05, 0.1) is 10.9 Å². The number of fused-ring (bicyclic) bond motifs is 1. The molecule has 0 saturated carbocycles. The number of benzene rings is 2. The number of nitrogens with zero attached hydrogens (tertiary/aromatic N) is 2. The van der Waals surface area contributed by atoms with E-state index in [1.807, 2.05) is 45.0 Å². The molecular weight excluding hydrogens is 354 g/mol. The summed E-state index contributed by atoms with van der Waals surface area (Å²) in [4.78, 5) is 38.5. The number of aryl methyl sites for hydroxylation is 1. The van der Waals surface area contributed by atoms with Crippen molar-refractivity contribution in [1.29, 1.82) is 0 Å². The summed E-state index contributed by atoms with van der Waals surface area (Å²) in [6.07, 6.45) is 1.51. The van der Waals surface area contributed by atoms with E-state index in [0.29, 0.717) is 23.0 Å². The number of anilines is 1. The van der Waals surface area contributed by atoms with Crippen LogP contribution in [0.15, 0.2) is 58.1 Å². The summed E-state index contributed by atoms with van der Waals surface area (Å²) in [5, 5.41) is 3.28. The van der Waals surface area contributed by atoms with E-state index in [9.17, 15) is 14.4 Å². The first kappa shape index (κ1) is 19.6. The van der Waals surface area contributed by atoms with Crippen LogP contribution in [0, 0.1) is 0 Å². The van der Waals surface area contributed by atoms with Gasteiger partial charge < -0.3 is 5.32 Å². The van der Waals surface area contributed by atoms with Crippen molar-refractivity contribution in [3.05, 3.63) is 74.9 Å². The monoisotopic (exact) mass is 379 g/mol.